The van der Waals surface area contributed by atoms with Gasteiger partial charge < -0.3 is 10.1 Å². The van der Waals surface area contributed by atoms with E-state index in [0.717, 1.165) is 30.5 Å². The molecule has 152 valence electrons. The Hall–Kier alpha value is -2.93. The molecule has 1 atom stereocenters. The van der Waals surface area contributed by atoms with Gasteiger partial charge in [0.15, 0.2) is 6.61 Å². The maximum atomic E-state index is 12.2. The Morgan fingerprint density at radius 2 is 1.90 bits per heavy atom. The van der Waals surface area contributed by atoms with E-state index in [1.165, 1.54) is 30.0 Å². The van der Waals surface area contributed by atoms with Crippen molar-refractivity contribution < 1.29 is 19.2 Å². The SMILES string of the molecule is C[C@@H](NC(=O)COC(=O)c1ccc([N+](=O)[O-])cc1Cl)c1ccc2c(c1)CCCC2. The molecular weight excluding hydrogens is 396 g/mol. The molecule has 8 heteroatoms. The number of fused-ring (bicyclic) bond motifs is 1. The molecule has 1 N–H and O–H groups in total. The minimum atomic E-state index is -0.818. The van der Waals surface area contributed by atoms with E-state index in [-0.39, 0.29) is 22.3 Å². The van der Waals surface area contributed by atoms with Gasteiger partial charge in [-0.2, -0.15) is 0 Å². The van der Waals surface area contributed by atoms with Crippen molar-refractivity contribution in [2.24, 2.45) is 0 Å². The number of nitro benzene ring substituents is 1. The third-order valence-electron chi connectivity index (χ3n) is 4.97. The summed E-state index contributed by atoms with van der Waals surface area (Å²) in [5.74, 6) is -1.26. The number of carbonyl (C=O) groups excluding carboxylic acids is 2. The fourth-order valence-corrected chi connectivity index (χ4v) is 3.63. The molecule has 0 radical (unpaired) electrons. The zero-order chi connectivity index (χ0) is 21.0. The van der Waals surface area contributed by atoms with E-state index >= 15 is 0 Å². The molecule has 7 nitrogen and oxygen atoms in total. The normalized spacial score (nSPS) is 13.9. The summed E-state index contributed by atoms with van der Waals surface area (Å²) in [6.45, 7) is 1.40. The topological polar surface area (TPSA) is 98.5 Å². The molecule has 0 saturated carbocycles. The van der Waals surface area contributed by atoms with Crippen molar-refractivity contribution in [3.05, 3.63) is 73.8 Å². The Morgan fingerprint density at radius 3 is 2.59 bits per heavy atom. The number of aryl methyl sites for hydroxylation is 2. The van der Waals surface area contributed by atoms with Gasteiger partial charge in [-0.3, -0.25) is 14.9 Å². The lowest BCUT2D eigenvalue weighted by Gasteiger charge is -2.20. The monoisotopic (exact) mass is 416 g/mol. The van der Waals surface area contributed by atoms with Crippen LogP contribution in [0.5, 0.6) is 0 Å². The molecule has 0 unspecified atom stereocenters. The van der Waals surface area contributed by atoms with E-state index in [1.54, 1.807) is 0 Å². The summed E-state index contributed by atoms with van der Waals surface area (Å²) in [4.78, 5) is 34.4. The number of amides is 1. The Bertz CT molecular complexity index is 960. The van der Waals surface area contributed by atoms with Crippen LogP contribution in [0, 0.1) is 10.1 Å². The van der Waals surface area contributed by atoms with Crippen LogP contribution in [0.1, 0.15) is 52.9 Å². The highest BCUT2D eigenvalue weighted by molar-refractivity contribution is 6.33. The van der Waals surface area contributed by atoms with Crippen LogP contribution in [0.2, 0.25) is 5.02 Å². The summed E-state index contributed by atoms with van der Waals surface area (Å²) >= 11 is 5.90. The molecule has 1 amide bonds. The number of rotatable bonds is 6. The number of nitrogens with zero attached hydrogens (tertiary/aromatic N) is 1. The number of nitrogens with one attached hydrogen (secondary N) is 1. The fourth-order valence-electron chi connectivity index (χ4n) is 3.38. The second-order valence-corrected chi connectivity index (χ2v) is 7.43. The van der Waals surface area contributed by atoms with Crippen molar-refractivity contribution >= 4 is 29.2 Å². The molecule has 1 aliphatic rings. The molecule has 2 aromatic carbocycles. The van der Waals surface area contributed by atoms with Crippen molar-refractivity contribution in [2.75, 3.05) is 6.61 Å². The van der Waals surface area contributed by atoms with Gasteiger partial charge in [0.2, 0.25) is 0 Å². The van der Waals surface area contributed by atoms with Crippen LogP contribution in [0.3, 0.4) is 0 Å². The van der Waals surface area contributed by atoms with Crippen molar-refractivity contribution in [1.29, 1.82) is 0 Å². The molecule has 0 bridgehead atoms. The van der Waals surface area contributed by atoms with Gasteiger partial charge in [-0.05, 0) is 55.4 Å². The van der Waals surface area contributed by atoms with Crippen molar-refractivity contribution in [2.45, 2.75) is 38.6 Å². The first-order chi connectivity index (χ1) is 13.8. The fraction of sp³-hybridized carbons (Fsp3) is 0.333. The van der Waals surface area contributed by atoms with E-state index in [4.69, 9.17) is 16.3 Å². The van der Waals surface area contributed by atoms with Gasteiger partial charge in [0.05, 0.1) is 21.6 Å². The zero-order valence-electron chi connectivity index (χ0n) is 15.9. The average molecular weight is 417 g/mol. The highest BCUT2D eigenvalue weighted by atomic mass is 35.5. The summed E-state index contributed by atoms with van der Waals surface area (Å²) in [6.07, 6.45) is 4.54. The van der Waals surface area contributed by atoms with Gasteiger partial charge in [0.1, 0.15) is 0 Å². The number of hydrogen-bond donors (Lipinski definition) is 1. The Labute approximate surface area is 173 Å². The lowest BCUT2D eigenvalue weighted by molar-refractivity contribution is -0.384. The molecule has 0 aliphatic heterocycles. The van der Waals surface area contributed by atoms with Gasteiger partial charge in [-0.15, -0.1) is 0 Å². The molecule has 0 aromatic heterocycles. The van der Waals surface area contributed by atoms with Crippen molar-refractivity contribution in [3.8, 4) is 0 Å². The van der Waals surface area contributed by atoms with Crippen LogP contribution in [-0.2, 0) is 22.4 Å². The summed E-state index contributed by atoms with van der Waals surface area (Å²) < 4.78 is 4.99. The first-order valence-corrected chi connectivity index (χ1v) is 9.75. The number of esters is 1. The maximum absolute atomic E-state index is 12.2. The average Bonchev–Trinajstić information content (AvgIpc) is 2.71. The first-order valence-electron chi connectivity index (χ1n) is 9.37. The number of hydrogen-bond acceptors (Lipinski definition) is 5. The van der Waals surface area contributed by atoms with Gasteiger partial charge in [0, 0.05) is 12.1 Å². The minimum Gasteiger partial charge on any atom is -0.452 e. The molecule has 0 fully saturated rings. The van der Waals surface area contributed by atoms with E-state index in [0.29, 0.717) is 0 Å². The molecule has 0 saturated heterocycles. The Morgan fingerprint density at radius 1 is 1.17 bits per heavy atom. The Balaban J connectivity index is 1.55. The van der Waals surface area contributed by atoms with E-state index < -0.39 is 23.4 Å². The van der Waals surface area contributed by atoms with Gasteiger partial charge >= 0.3 is 5.97 Å². The lowest BCUT2D eigenvalue weighted by atomic mass is 9.89. The molecule has 0 spiro atoms. The molecule has 3 rings (SSSR count). The van der Waals surface area contributed by atoms with E-state index in [2.05, 4.69) is 17.4 Å². The van der Waals surface area contributed by atoms with Crippen LogP contribution in [0.4, 0.5) is 5.69 Å². The van der Waals surface area contributed by atoms with Crippen LogP contribution in [-0.4, -0.2) is 23.4 Å². The predicted molar refractivity (Wildman–Crippen MR) is 108 cm³/mol. The standard InChI is InChI=1S/C21H21ClN2O5/c1-13(15-7-6-14-4-2-3-5-16(14)10-15)23-20(25)12-29-21(26)18-9-8-17(24(27)28)11-19(18)22/h6-11,13H,2-5,12H2,1H3,(H,23,25)/t13-/m1/s1. The van der Waals surface area contributed by atoms with Gasteiger partial charge in [-0.25, -0.2) is 4.79 Å². The molecule has 29 heavy (non-hydrogen) atoms. The van der Waals surface area contributed by atoms with Crippen LogP contribution >= 0.6 is 11.6 Å². The Kier molecular flexibility index (Phi) is 6.49. The zero-order valence-corrected chi connectivity index (χ0v) is 16.7. The van der Waals surface area contributed by atoms with Crippen molar-refractivity contribution in [1.82, 2.24) is 5.32 Å². The van der Waals surface area contributed by atoms with E-state index in [1.807, 2.05) is 13.0 Å². The predicted octanol–water partition coefficient (Wildman–Crippen LogP) is 4.16. The maximum Gasteiger partial charge on any atom is 0.340 e. The summed E-state index contributed by atoms with van der Waals surface area (Å²) in [7, 11) is 0. The van der Waals surface area contributed by atoms with Gasteiger partial charge in [0.25, 0.3) is 11.6 Å². The smallest absolute Gasteiger partial charge is 0.340 e. The number of carbonyl (C=O) groups is 2. The molecule has 0 heterocycles. The van der Waals surface area contributed by atoms with Crippen LogP contribution in [0.15, 0.2) is 36.4 Å². The van der Waals surface area contributed by atoms with Crippen LogP contribution < -0.4 is 5.32 Å². The second-order valence-electron chi connectivity index (χ2n) is 7.02. The highest BCUT2D eigenvalue weighted by Gasteiger charge is 2.18. The minimum absolute atomic E-state index is 0.0344. The number of nitro groups is 1. The number of ether oxygens (including phenoxy) is 1. The molecule has 2 aromatic rings. The molecular formula is C21H21ClN2O5. The highest BCUT2D eigenvalue weighted by Crippen LogP contribution is 2.25. The van der Waals surface area contributed by atoms with Crippen LogP contribution in [0.25, 0.3) is 0 Å². The number of halogens is 1. The van der Waals surface area contributed by atoms with Gasteiger partial charge in [-0.1, -0.05) is 29.8 Å². The van der Waals surface area contributed by atoms with Crippen molar-refractivity contribution in [3.63, 3.8) is 0 Å². The largest absolute Gasteiger partial charge is 0.452 e. The third-order valence-corrected chi connectivity index (χ3v) is 5.28. The second kappa shape index (κ2) is 9.05. The summed E-state index contributed by atoms with van der Waals surface area (Å²) in [6, 6.07) is 9.45. The number of non-ortho nitro benzene ring substituents is 1. The lowest BCUT2D eigenvalue weighted by Crippen LogP contribution is -2.31. The first kappa shape index (κ1) is 20.8. The quantitative estimate of drug-likeness (QED) is 0.433. The number of benzene rings is 2. The van der Waals surface area contributed by atoms with E-state index in [9.17, 15) is 19.7 Å². The summed E-state index contributed by atoms with van der Waals surface area (Å²) in [5.41, 5.74) is 3.43. The summed E-state index contributed by atoms with van der Waals surface area (Å²) in [5, 5.41) is 13.4. The third kappa shape index (κ3) is 5.12. The molecule has 1 aliphatic carbocycles.